The van der Waals surface area contributed by atoms with E-state index in [0.29, 0.717) is 6.54 Å². The maximum atomic E-state index is 13.0. The number of carbonyl (C=O) groups is 2. The number of urea groups is 1. The van der Waals surface area contributed by atoms with Gasteiger partial charge in [-0.2, -0.15) is 0 Å². The molecular formula is C25H27N3O2. The largest absolute Gasteiger partial charge is 0.338 e. The van der Waals surface area contributed by atoms with Crippen molar-refractivity contribution in [2.24, 2.45) is 0 Å². The molecule has 0 heterocycles. The third-order valence-corrected chi connectivity index (χ3v) is 4.85. The molecule has 154 valence electrons. The second kappa shape index (κ2) is 10.4. The van der Waals surface area contributed by atoms with Crippen LogP contribution in [0, 0.1) is 6.92 Å². The summed E-state index contributed by atoms with van der Waals surface area (Å²) in [4.78, 5) is 25.0. The molecule has 0 aliphatic heterocycles. The van der Waals surface area contributed by atoms with Crippen LogP contribution in [0.25, 0.3) is 0 Å². The van der Waals surface area contributed by atoms with E-state index >= 15 is 0 Å². The highest BCUT2D eigenvalue weighted by atomic mass is 16.2. The second-order valence-electron chi connectivity index (χ2n) is 7.11. The number of nitrogens with one attached hydrogen (secondary N) is 3. The molecule has 0 spiro atoms. The SMILES string of the molecule is CCNC(=O)NC(=O)[C@H](N[C@H](c1ccccc1)c1ccc(C)cc1)c1ccccc1. The fourth-order valence-electron chi connectivity index (χ4n) is 3.31. The summed E-state index contributed by atoms with van der Waals surface area (Å²) in [5, 5.41) is 8.53. The first-order chi connectivity index (χ1) is 14.6. The zero-order chi connectivity index (χ0) is 21.3. The predicted octanol–water partition coefficient (Wildman–Crippen LogP) is 4.26. The molecule has 3 aromatic rings. The third-order valence-electron chi connectivity index (χ3n) is 4.85. The van der Waals surface area contributed by atoms with Crippen LogP contribution in [-0.2, 0) is 4.79 Å². The Morgan fingerprint density at radius 2 is 1.30 bits per heavy atom. The van der Waals surface area contributed by atoms with Crippen molar-refractivity contribution >= 4 is 11.9 Å². The molecule has 0 aromatic heterocycles. The first kappa shape index (κ1) is 21.3. The minimum atomic E-state index is -0.708. The van der Waals surface area contributed by atoms with Gasteiger partial charge in [0.1, 0.15) is 6.04 Å². The molecule has 0 unspecified atom stereocenters. The van der Waals surface area contributed by atoms with Gasteiger partial charge in [-0.25, -0.2) is 4.79 Å². The van der Waals surface area contributed by atoms with Crippen LogP contribution in [0.2, 0.25) is 0 Å². The van der Waals surface area contributed by atoms with Gasteiger partial charge in [0.2, 0.25) is 5.91 Å². The van der Waals surface area contributed by atoms with Crippen LogP contribution in [0.15, 0.2) is 84.9 Å². The quantitative estimate of drug-likeness (QED) is 0.554. The highest BCUT2D eigenvalue weighted by Crippen LogP contribution is 2.26. The van der Waals surface area contributed by atoms with Crippen LogP contribution in [0.4, 0.5) is 4.79 Å². The van der Waals surface area contributed by atoms with Crippen LogP contribution in [-0.4, -0.2) is 18.5 Å². The summed E-state index contributed by atoms with van der Waals surface area (Å²) in [6.45, 7) is 4.29. The smallest absolute Gasteiger partial charge is 0.321 e. The summed E-state index contributed by atoms with van der Waals surface area (Å²) in [5.41, 5.74) is 4.03. The Kier molecular flexibility index (Phi) is 7.35. The molecule has 0 radical (unpaired) electrons. The number of rotatable bonds is 7. The van der Waals surface area contributed by atoms with E-state index in [1.165, 1.54) is 5.56 Å². The number of aryl methyl sites for hydroxylation is 1. The van der Waals surface area contributed by atoms with E-state index in [2.05, 4.69) is 40.2 Å². The normalized spacial score (nSPS) is 12.6. The molecule has 0 fully saturated rings. The Labute approximate surface area is 177 Å². The van der Waals surface area contributed by atoms with Gasteiger partial charge < -0.3 is 5.32 Å². The number of benzene rings is 3. The lowest BCUT2D eigenvalue weighted by molar-refractivity contribution is -0.122. The first-order valence-corrected chi connectivity index (χ1v) is 10.1. The van der Waals surface area contributed by atoms with Gasteiger partial charge in [0.05, 0.1) is 6.04 Å². The lowest BCUT2D eigenvalue weighted by Gasteiger charge is -2.26. The topological polar surface area (TPSA) is 70.2 Å². The highest BCUT2D eigenvalue weighted by molar-refractivity contribution is 5.97. The van der Waals surface area contributed by atoms with E-state index in [-0.39, 0.29) is 6.04 Å². The molecule has 0 saturated heterocycles. The summed E-state index contributed by atoms with van der Waals surface area (Å²) < 4.78 is 0. The van der Waals surface area contributed by atoms with Crippen molar-refractivity contribution in [3.8, 4) is 0 Å². The summed E-state index contributed by atoms with van der Waals surface area (Å²) in [6.07, 6.45) is 0. The predicted molar refractivity (Wildman–Crippen MR) is 119 cm³/mol. The maximum Gasteiger partial charge on any atom is 0.321 e. The van der Waals surface area contributed by atoms with E-state index < -0.39 is 18.0 Å². The Morgan fingerprint density at radius 3 is 1.87 bits per heavy atom. The molecular weight excluding hydrogens is 374 g/mol. The van der Waals surface area contributed by atoms with Crippen molar-refractivity contribution in [2.45, 2.75) is 25.9 Å². The van der Waals surface area contributed by atoms with Crippen molar-refractivity contribution < 1.29 is 9.59 Å². The molecule has 30 heavy (non-hydrogen) atoms. The van der Waals surface area contributed by atoms with E-state index in [1.807, 2.05) is 67.6 Å². The van der Waals surface area contributed by atoms with Crippen molar-refractivity contribution in [2.75, 3.05) is 6.54 Å². The van der Waals surface area contributed by atoms with Gasteiger partial charge in [0.25, 0.3) is 0 Å². The summed E-state index contributed by atoms with van der Waals surface area (Å²) in [5.74, 6) is -0.403. The molecule has 3 rings (SSSR count). The third kappa shape index (κ3) is 5.55. The van der Waals surface area contributed by atoms with Crippen molar-refractivity contribution in [3.63, 3.8) is 0 Å². The van der Waals surface area contributed by atoms with Gasteiger partial charge in [-0.05, 0) is 30.5 Å². The van der Waals surface area contributed by atoms with Gasteiger partial charge in [0.15, 0.2) is 0 Å². The van der Waals surface area contributed by atoms with Crippen molar-refractivity contribution in [1.82, 2.24) is 16.0 Å². The minimum absolute atomic E-state index is 0.225. The zero-order valence-electron chi connectivity index (χ0n) is 17.3. The number of carbonyl (C=O) groups excluding carboxylic acids is 2. The molecule has 0 bridgehead atoms. The molecule has 5 heteroatoms. The number of imide groups is 1. The maximum absolute atomic E-state index is 13.0. The Bertz CT molecular complexity index is 957. The van der Waals surface area contributed by atoms with Crippen LogP contribution in [0.1, 0.15) is 41.3 Å². The zero-order valence-corrected chi connectivity index (χ0v) is 17.3. The standard InChI is InChI=1S/C25H27N3O2/c1-3-26-25(30)28-24(29)23(20-12-8-5-9-13-20)27-22(19-10-6-4-7-11-19)21-16-14-18(2)15-17-21/h4-17,22-23,27H,3H2,1-2H3,(H2,26,28,29,30)/t22-,23-/m1/s1. The van der Waals surface area contributed by atoms with Crippen molar-refractivity contribution in [3.05, 3.63) is 107 Å². The van der Waals surface area contributed by atoms with Crippen LogP contribution in [0.5, 0.6) is 0 Å². The lowest BCUT2D eigenvalue weighted by Crippen LogP contribution is -2.45. The average molecular weight is 402 g/mol. The van der Waals surface area contributed by atoms with Gasteiger partial charge in [-0.3, -0.25) is 15.4 Å². The van der Waals surface area contributed by atoms with Crippen LogP contribution in [0.3, 0.4) is 0 Å². The van der Waals surface area contributed by atoms with Gasteiger partial charge in [-0.15, -0.1) is 0 Å². The van der Waals surface area contributed by atoms with Crippen LogP contribution < -0.4 is 16.0 Å². The number of amides is 3. The molecule has 0 aliphatic rings. The Hall–Kier alpha value is -3.44. The highest BCUT2D eigenvalue weighted by Gasteiger charge is 2.26. The average Bonchev–Trinajstić information content (AvgIpc) is 2.76. The summed E-state index contributed by atoms with van der Waals surface area (Å²) >= 11 is 0. The fourth-order valence-corrected chi connectivity index (χ4v) is 3.31. The Balaban J connectivity index is 1.96. The molecule has 0 saturated carbocycles. The lowest BCUT2D eigenvalue weighted by atomic mass is 9.95. The summed E-state index contributed by atoms with van der Waals surface area (Å²) in [6, 6.07) is 26.2. The van der Waals surface area contributed by atoms with E-state index in [9.17, 15) is 9.59 Å². The van der Waals surface area contributed by atoms with Gasteiger partial charge in [-0.1, -0.05) is 90.5 Å². The fraction of sp³-hybridized carbons (Fsp3) is 0.200. The minimum Gasteiger partial charge on any atom is -0.338 e. The number of hydrogen-bond acceptors (Lipinski definition) is 3. The molecule has 0 aliphatic carbocycles. The second-order valence-corrected chi connectivity index (χ2v) is 7.11. The van der Waals surface area contributed by atoms with Gasteiger partial charge >= 0.3 is 6.03 Å². The van der Waals surface area contributed by atoms with Crippen molar-refractivity contribution in [1.29, 1.82) is 0 Å². The molecule has 5 nitrogen and oxygen atoms in total. The first-order valence-electron chi connectivity index (χ1n) is 10.1. The van der Waals surface area contributed by atoms with E-state index in [1.54, 1.807) is 6.92 Å². The monoisotopic (exact) mass is 401 g/mol. The van der Waals surface area contributed by atoms with E-state index in [0.717, 1.165) is 16.7 Å². The summed E-state index contributed by atoms with van der Waals surface area (Å²) in [7, 11) is 0. The van der Waals surface area contributed by atoms with Crippen LogP contribution >= 0.6 is 0 Å². The molecule has 2 atom stereocenters. The molecule has 3 aromatic carbocycles. The van der Waals surface area contributed by atoms with Gasteiger partial charge in [0, 0.05) is 6.54 Å². The number of hydrogen-bond donors (Lipinski definition) is 3. The Morgan fingerprint density at radius 1 is 0.767 bits per heavy atom. The van der Waals surface area contributed by atoms with E-state index in [4.69, 9.17) is 0 Å². The molecule has 3 amide bonds. The molecule has 3 N–H and O–H groups in total.